The lowest BCUT2D eigenvalue weighted by Crippen LogP contribution is -2.46. The summed E-state index contributed by atoms with van der Waals surface area (Å²) in [5, 5.41) is 22.2. The Balaban J connectivity index is 1.83. The Morgan fingerprint density at radius 2 is 0.481 bits per heavy atom. The summed E-state index contributed by atoms with van der Waals surface area (Å²) in [6.45, 7) is -3.21. The fraction of sp³-hybridized carbons (Fsp3) is 0. The van der Waals surface area contributed by atoms with Gasteiger partial charge in [0.05, 0.1) is 0 Å². The van der Waals surface area contributed by atoms with Gasteiger partial charge < -0.3 is 0 Å². The Bertz CT molecular complexity index is 2160. The van der Waals surface area contributed by atoms with Gasteiger partial charge in [0, 0.05) is 10.6 Å². The van der Waals surface area contributed by atoms with Crippen LogP contribution >= 0.6 is 21.4 Å². The van der Waals surface area contributed by atoms with Gasteiger partial charge in [0.1, 0.15) is 44.5 Å². The molecule has 8 rings (SSSR count). The molecule has 0 N–H and O–H groups in total. The van der Waals surface area contributed by atoms with E-state index in [9.17, 15) is 5.26 Å². The topological polar surface area (TPSA) is 23.8 Å². The minimum atomic E-state index is -3.21. The van der Waals surface area contributed by atoms with Crippen LogP contribution in [0.1, 0.15) is 0 Å². The molecule has 0 saturated heterocycles. The van der Waals surface area contributed by atoms with Crippen molar-refractivity contribution in [3.05, 3.63) is 243 Å². The Morgan fingerprint density at radius 1 is 0.296 bits per heavy atom. The van der Waals surface area contributed by atoms with Crippen molar-refractivity contribution < 1.29 is 0 Å². The van der Waals surface area contributed by atoms with Gasteiger partial charge in [-0.15, -0.1) is 0 Å². The molecule has 0 bridgehead atoms. The normalized spacial score (nSPS) is 11.7. The van der Waals surface area contributed by atoms with Gasteiger partial charge in [-0.3, -0.25) is 0 Å². The van der Waals surface area contributed by atoms with Crippen LogP contribution in [0.3, 0.4) is 0 Å². The van der Waals surface area contributed by atoms with E-state index in [0.29, 0.717) is 0 Å². The quantitative estimate of drug-likeness (QED) is 0.128. The molecule has 8 aromatic carbocycles. The summed E-state index contributed by atoms with van der Waals surface area (Å²) in [4.78, 5) is 0. The summed E-state index contributed by atoms with van der Waals surface area (Å²) in [6.07, 6.45) is 0. The molecule has 4 heteroatoms. The maximum absolute atomic E-state index is 12.7. The largest absolute Gasteiger partial charge is 0.247 e. The Labute approximate surface area is 320 Å². The van der Waals surface area contributed by atoms with Gasteiger partial charge in [-0.05, 0) is 72.8 Å². The molecule has 0 spiro atoms. The smallest absolute Gasteiger partial charge is 0.192 e. The molecule has 0 heterocycles. The highest BCUT2D eigenvalue weighted by atomic mass is 31.3. The van der Waals surface area contributed by atoms with Crippen molar-refractivity contribution in [2.24, 2.45) is 0 Å². The fourth-order valence-corrected chi connectivity index (χ4v) is 28.4. The predicted octanol–water partition coefficient (Wildman–Crippen LogP) is 9.21. The summed E-state index contributed by atoms with van der Waals surface area (Å²) in [5.74, 6) is 3.31. The minimum absolute atomic E-state index is 1.06. The van der Waals surface area contributed by atoms with Crippen molar-refractivity contribution >= 4 is 68.6 Å². The highest BCUT2D eigenvalue weighted by Gasteiger charge is 2.69. The van der Waals surface area contributed by atoms with Gasteiger partial charge in [-0.1, -0.05) is 170 Å². The first-order chi connectivity index (χ1) is 26.8. The zero-order valence-electron chi connectivity index (χ0n) is 29.9. The Morgan fingerprint density at radius 3 is 0.667 bits per heavy atom. The molecule has 0 radical (unpaired) electrons. The zero-order valence-corrected chi connectivity index (χ0v) is 32.6. The van der Waals surface area contributed by atoms with Gasteiger partial charge in [-0.2, -0.15) is 5.26 Å². The van der Waals surface area contributed by atoms with Crippen molar-refractivity contribution in [2.75, 3.05) is 0 Å². The number of nitrogens with zero attached hydrogens (tertiary/aromatic N) is 1. The van der Waals surface area contributed by atoms with E-state index in [2.05, 4.69) is 248 Å². The maximum atomic E-state index is 12.7. The first-order valence-electron chi connectivity index (χ1n) is 18.2. The lowest BCUT2D eigenvalue weighted by molar-refractivity contribution is 1.56. The summed E-state index contributed by atoms with van der Waals surface area (Å²) in [5.41, 5.74) is 0. The van der Waals surface area contributed by atoms with E-state index >= 15 is 0 Å². The number of benzene rings is 8. The Hall–Kier alpha value is -5.59. The predicted molar refractivity (Wildman–Crippen MR) is 240 cm³/mol. The SMILES string of the molecule is N#CP(=C([P+](c1ccccc1)(c1ccccc1)c1ccccc1)[P+](c1ccccc1)(c1ccccc1)c1ccccc1)(c1ccccc1)c1ccccc1. The highest BCUT2D eigenvalue weighted by Crippen LogP contribution is 2.79. The first kappa shape index (κ1) is 35.4. The monoisotopic (exact) mass is 747 g/mol. The highest BCUT2D eigenvalue weighted by molar-refractivity contribution is 8.40. The van der Waals surface area contributed by atoms with Crippen LogP contribution in [0.4, 0.5) is 0 Å². The summed E-state index contributed by atoms with van der Waals surface area (Å²) < 4.78 is 1.33. The van der Waals surface area contributed by atoms with Crippen molar-refractivity contribution in [1.82, 2.24) is 0 Å². The standard InChI is InChI=1S/C50H40NP3/c51-41-52(42-25-9-1-10-26-42,43-27-11-2-12-28-43)50(53(44-29-13-3-14-30-44,45-31-15-4-16-32-45)46-33-17-5-18-34-46)54(47-35-19-6-20-36-47,48-37-21-7-22-38-48)49-39-23-8-24-40-49/h1-40H/q+2. The molecule has 0 unspecified atom stereocenters. The van der Waals surface area contributed by atoms with Gasteiger partial charge in [0.25, 0.3) is 0 Å². The molecule has 8 aromatic rings. The van der Waals surface area contributed by atoms with Crippen molar-refractivity contribution in [3.8, 4) is 5.81 Å². The summed E-state index contributed by atoms with van der Waals surface area (Å²) >= 11 is 0. The van der Waals surface area contributed by atoms with Crippen LogP contribution in [0.25, 0.3) is 0 Å². The van der Waals surface area contributed by atoms with Crippen LogP contribution in [-0.2, 0) is 0 Å². The molecule has 1 nitrogen and oxygen atoms in total. The lowest BCUT2D eigenvalue weighted by Gasteiger charge is -2.39. The van der Waals surface area contributed by atoms with Crippen molar-refractivity contribution in [3.63, 3.8) is 0 Å². The van der Waals surface area contributed by atoms with Gasteiger partial charge in [0.15, 0.2) is 14.5 Å². The molecule has 0 aliphatic carbocycles. The van der Waals surface area contributed by atoms with E-state index in [1.165, 1.54) is 36.6 Å². The van der Waals surface area contributed by atoms with Crippen LogP contribution in [0.2, 0.25) is 0 Å². The van der Waals surface area contributed by atoms with Crippen LogP contribution < -0.4 is 42.4 Å². The molecule has 0 saturated carbocycles. The molecule has 0 atom stereocenters. The third-order valence-corrected chi connectivity index (χ3v) is 26.3. The second-order valence-corrected chi connectivity index (χ2v) is 23.9. The molecule has 0 aromatic heterocycles. The molecule has 0 aliphatic heterocycles. The van der Waals surface area contributed by atoms with Crippen LogP contribution in [-0.4, -0.2) is 4.78 Å². The Kier molecular flexibility index (Phi) is 10.4. The molecule has 258 valence electrons. The minimum Gasteiger partial charge on any atom is -0.192 e. The number of hydrogen-bond acceptors (Lipinski definition) is 1. The van der Waals surface area contributed by atoms with Crippen LogP contribution in [0.15, 0.2) is 243 Å². The van der Waals surface area contributed by atoms with Gasteiger partial charge in [0.2, 0.25) is 4.78 Å². The van der Waals surface area contributed by atoms with E-state index in [1.807, 2.05) is 0 Å². The maximum Gasteiger partial charge on any atom is 0.247 e. The second kappa shape index (κ2) is 15.8. The fourth-order valence-electron chi connectivity index (χ4n) is 8.02. The molecular formula is C50H40NP3+2. The molecule has 0 fully saturated rings. The number of nitriles is 1. The molecule has 0 amide bonds. The average Bonchev–Trinajstić information content (AvgIpc) is 3.27. The van der Waals surface area contributed by atoms with E-state index in [1.54, 1.807) is 0 Å². The lowest BCUT2D eigenvalue weighted by atomic mass is 10.4. The molecule has 54 heavy (non-hydrogen) atoms. The second-order valence-electron chi connectivity index (χ2n) is 13.1. The van der Waals surface area contributed by atoms with Crippen LogP contribution in [0, 0.1) is 11.1 Å². The first-order valence-corrected chi connectivity index (χ1v) is 23.6. The third kappa shape index (κ3) is 5.90. The molecule has 0 aliphatic rings. The average molecular weight is 748 g/mol. The van der Waals surface area contributed by atoms with Crippen LogP contribution in [0.5, 0.6) is 0 Å². The van der Waals surface area contributed by atoms with Crippen molar-refractivity contribution in [2.45, 2.75) is 0 Å². The van der Waals surface area contributed by atoms with E-state index in [0.717, 1.165) is 10.6 Å². The third-order valence-electron chi connectivity index (χ3n) is 10.2. The van der Waals surface area contributed by atoms with Gasteiger partial charge >= 0.3 is 0 Å². The summed E-state index contributed by atoms with van der Waals surface area (Å²) in [6, 6.07) is 88.2. The van der Waals surface area contributed by atoms with Gasteiger partial charge in [-0.25, -0.2) is 0 Å². The summed E-state index contributed by atoms with van der Waals surface area (Å²) in [7, 11) is -5.91. The number of hydrogen-bond donors (Lipinski definition) is 0. The number of rotatable bonds is 10. The van der Waals surface area contributed by atoms with E-state index in [-0.39, 0.29) is 0 Å². The molecular weight excluding hydrogens is 707 g/mol. The van der Waals surface area contributed by atoms with E-state index in [4.69, 9.17) is 0 Å². The van der Waals surface area contributed by atoms with E-state index < -0.39 is 21.4 Å². The zero-order chi connectivity index (χ0) is 36.7. The van der Waals surface area contributed by atoms with Crippen molar-refractivity contribution in [1.29, 1.82) is 5.26 Å².